The van der Waals surface area contributed by atoms with Crippen molar-refractivity contribution in [2.24, 2.45) is 0 Å². The molecule has 2 aliphatic heterocycles. The number of nitrogens with one attached hydrogen (secondary N) is 1. The van der Waals surface area contributed by atoms with Crippen LogP contribution in [0.2, 0.25) is 0 Å². The molecule has 1 aromatic carbocycles. The lowest BCUT2D eigenvalue weighted by Crippen LogP contribution is -2.42. The van der Waals surface area contributed by atoms with E-state index in [-0.39, 0.29) is 30.4 Å². The minimum Gasteiger partial charge on any atom is -0.377 e. The monoisotopic (exact) mass is 464 g/mol. The number of amides is 3. The molecule has 0 bridgehead atoms. The molecule has 0 aliphatic carbocycles. The highest BCUT2D eigenvalue weighted by Crippen LogP contribution is 2.24. The number of anilines is 2. The highest BCUT2D eigenvalue weighted by Gasteiger charge is 2.39. The third-order valence-corrected chi connectivity index (χ3v) is 5.79. The van der Waals surface area contributed by atoms with E-state index in [1.165, 1.54) is 6.08 Å². The molecule has 2 fully saturated rings. The lowest BCUT2D eigenvalue weighted by molar-refractivity contribution is -0.132. The maximum absolute atomic E-state index is 13.1. The number of hydrogen-bond donors (Lipinski definition) is 1. The van der Waals surface area contributed by atoms with Crippen molar-refractivity contribution in [2.75, 3.05) is 43.1 Å². The number of hydrogen-bond acceptors (Lipinski definition) is 6. The Bertz CT molecular complexity index is 1040. The van der Waals surface area contributed by atoms with E-state index >= 15 is 0 Å². The third kappa shape index (κ3) is 5.67. The Morgan fingerprint density at radius 3 is 2.79 bits per heavy atom. The van der Waals surface area contributed by atoms with Crippen molar-refractivity contribution in [3.63, 3.8) is 0 Å². The van der Waals surface area contributed by atoms with E-state index in [0.29, 0.717) is 38.4 Å². The van der Waals surface area contributed by atoms with Gasteiger partial charge in [-0.15, -0.1) is 0 Å². The minimum atomic E-state index is -0.650. The summed E-state index contributed by atoms with van der Waals surface area (Å²) in [7, 11) is 0. The third-order valence-electron chi connectivity index (χ3n) is 5.79. The van der Waals surface area contributed by atoms with Gasteiger partial charge in [0.1, 0.15) is 12.6 Å². The van der Waals surface area contributed by atoms with E-state index in [4.69, 9.17) is 9.47 Å². The molecule has 2 aliphatic rings. The molecule has 9 heteroatoms. The molecule has 9 nitrogen and oxygen atoms in total. The molecule has 4 rings (SSSR count). The second kappa shape index (κ2) is 11.0. The summed E-state index contributed by atoms with van der Waals surface area (Å²) in [6.07, 6.45) is 6.69. The van der Waals surface area contributed by atoms with Crippen molar-refractivity contribution in [1.82, 2.24) is 9.88 Å². The standard InChI is InChI=1S/C25H28N4O5/c1-2-34-21-14-22(29(16-21)23(30)10-5-18-4-3-11-26-15-18)25(32)27-19-6-8-20(9-7-19)28-12-13-33-17-24(28)31/h3-11,15,21-22H,2,12-14,16-17H2,1H3,(H,27,32)/t21-,22-/m1/s1. The largest absolute Gasteiger partial charge is 0.377 e. The molecule has 3 heterocycles. The molecule has 2 atom stereocenters. The van der Waals surface area contributed by atoms with E-state index < -0.39 is 6.04 Å². The number of benzene rings is 1. The number of likely N-dealkylation sites (tertiary alicyclic amines) is 1. The molecule has 0 spiro atoms. The van der Waals surface area contributed by atoms with E-state index in [2.05, 4.69) is 10.3 Å². The van der Waals surface area contributed by atoms with Crippen LogP contribution in [0.3, 0.4) is 0 Å². The summed E-state index contributed by atoms with van der Waals surface area (Å²) < 4.78 is 10.9. The van der Waals surface area contributed by atoms with Crippen molar-refractivity contribution in [3.05, 3.63) is 60.4 Å². The molecule has 1 N–H and O–H groups in total. The second-order valence-corrected chi connectivity index (χ2v) is 8.07. The van der Waals surface area contributed by atoms with Crippen molar-refractivity contribution >= 4 is 35.2 Å². The highest BCUT2D eigenvalue weighted by molar-refractivity contribution is 6.01. The Morgan fingerprint density at radius 2 is 2.09 bits per heavy atom. The van der Waals surface area contributed by atoms with Gasteiger partial charge in [-0.3, -0.25) is 19.4 Å². The second-order valence-electron chi connectivity index (χ2n) is 8.07. The Labute approximate surface area is 198 Å². The van der Waals surface area contributed by atoms with Crippen LogP contribution < -0.4 is 10.2 Å². The van der Waals surface area contributed by atoms with Crippen molar-refractivity contribution in [3.8, 4) is 0 Å². The molecule has 0 saturated carbocycles. The predicted octanol–water partition coefficient (Wildman–Crippen LogP) is 2.10. The van der Waals surface area contributed by atoms with Crippen LogP contribution >= 0.6 is 0 Å². The van der Waals surface area contributed by atoms with Crippen LogP contribution in [0.4, 0.5) is 11.4 Å². The number of carbonyl (C=O) groups is 3. The van der Waals surface area contributed by atoms with E-state index in [1.807, 2.05) is 13.0 Å². The lowest BCUT2D eigenvalue weighted by atomic mass is 10.1. The zero-order chi connectivity index (χ0) is 23.9. The molecular formula is C25H28N4O5. The maximum atomic E-state index is 13.1. The number of aromatic nitrogens is 1. The van der Waals surface area contributed by atoms with Gasteiger partial charge in [-0.05, 0) is 48.9 Å². The average Bonchev–Trinajstić information content (AvgIpc) is 3.29. The Hall–Kier alpha value is -3.56. The quantitative estimate of drug-likeness (QED) is 0.630. The normalized spacial score (nSPS) is 20.7. The number of pyridine rings is 1. The Balaban J connectivity index is 1.43. The molecule has 2 aromatic rings. The molecule has 2 saturated heterocycles. The molecule has 178 valence electrons. The van der Waals surface area contributed by atoms with Crippen LogP contribution in [0.15, 0.2) is 54.9 Å². The number of nitrogens with zero attached hydrogens (tertiary/aromatic N) is 3. The molecule has 34 heavy (non-hydrogen) atoms. The van der Waals surface area contributed by atoms with Gasteiger partial charge in [0.2, 0.25) is 11.8 Å². The van der Waals surface area contributed by atoms with Crippen LogP contribution in [0.5, 0.6) is 0 Å². The summed E-state index contributed by atoms with van der Waals surface area (Å²) in [5.74, 6) is -0.627. The fraction of sp³-hybridized carbons (Fsp3) is 0.360. The van der Waals surface area contributed by atoms with Crippen molar-refractivity contribution in [1.29, 1.82) is 0 Å². The highest BCUT2D eigenvalue weighted by atomic mass is 16.5. The SMILES string of the molecule is CCO[C@@H]1C[C@H](C(=O)Nc2ccc(N3CCOCC3=O)cc2)N(C(=O)C=Cc2cccnc2)C1. The van der Waals surface area contributed by atoms with E-state index in [9.17, 15) is 14.4 Å². The first-order valence-electron chi connectivity index (χ1n) is 11.3. The summed E-state index contributed by atoms with van der Waals surface area (Å²) in [6, 6.07) is 10.1. The minimum absolute atomic E-state index is 0.0697. The number of carbonyl (C=O) groups excluding carboxylic acids is 3. The van der Waals surface area contributed by atoms with Crippen LogP contribution in [0.1, 0.15) is 18.9 Å². The maximum Gasteiger partial charge on any atom is 0.253 e. The van der Waals surface area contributed by atoms with Gasteiger partial charge in [-0.2, -0.15) is 0 Å². The topological polar surface area (TPSA) is 101 Å². The summed E-state index contributed by atoms with van der Waals surface area (Å²) in [5.41, 5.74) is 2.14. The Kier molecular flexibility index (Phi) is 7.66. The van der Waals surface area contributed by atoms with Crippen molar-refractivity contribution < 1.29 is 23.9 Å². The van der Waals surface area contributed by atoms with Gasteiger partial charge in [0.05, 0.1) is 12.7 Å². The first-order chi connectivity index (χ1) is 16.5. The zero-order valence-corrected chi connectivity index (χ0v) is 19.1. The Morgan fingerprint density at radius 1 is 1.26 bits per heavy atom. The smallest absolute Gasteiger partial charge is 0.253 e. The van der Waals surface area contributed by atoms with Gasteiger partial charge in [-0.25, -0.2) is 0 Å². The summed E-state index contributed by atoms with van der Waals surface area (Å²) >= 11 is 0. The molecule has 0 radical (unpaired) electrons. The summed E-state index contributed by atoms with van der Waals surface area (Å²) in [4.78, 5) is 45.3. The fourth-order valence-corrected chi connectivity index (χ4v) is 4.13. The first-order valence-corrected chi connectivity index (χ1v) is 11.3. The summed E-state index contributed by atoms with van der Waals surface area (Å²) in [5, 5.41) is 2.90. The first kappa shape index (κ1) is 23.6. The van der Waals surface area contributed by atoms with Gasteiger partial charge < -0.3 is 24.6 Å². The number of rotatable bonds is 7. The molecule has 3 amide bonds. The summed E-state index contributed by atoms with van der Waals surface area (Å²) in [6.45, 7) is 3.80. The van der Waals surface area contributed by atoms with Gasteiger partial charge in [-0.1, -0.05) is 6.07 Å². The van der Waals surface area contributed by atoms with E-state index in [1.54, 1.807) is 58.6 Å². The van der Waals surface area contributed by atoms with Gasteiger partial charge in [0.15, 0.2) is 0 Å². The predicted molar refractivity (Wildman–Crippen MR) is 127 cm³/mol. The number of ether oxygens (including phenoxy) is 2. The van der Waals surface area contributed by atoms with Gasteiger partial charge in [0, 0.05) is 56.0 Å². The molecule has 0 unspecified atom stereocenters. The van der Waals surface area contributed by atoms with Crippen molar-refractivity contribution in [2.45, 2.75) is 25.5 Å². The van der Waals surface area contributed by atoms with Gasteiger partial charge >= 0.3 is 0 Å². The van der Waals surface area contributed by atoms with Crippen LogP contribution in [-0.4, -0.2) is 72.7 Å². The molecular weight excluding hydrogens is 436 g/mol. The van der Waals surface area contributed by atoms with E-state index in [0.717, 1.165) is 11.3 Å². The van der Waals surface area contributed by atoms with Crippen LogP contribution in [0.25, 0.3) is 6.08 Å². The van der Waals surface area contributed by atoms with Gasteiger partial charge in [0.25, 0.3) is 5.91 Å². The zero-order valence-electron chi connectivity index (χ0n) is 19.1. The molecule has 1 aromatic heterocycles. The average molecular weight is 465 g/mol. The van der Waals surface area contributed by atoms with Crippen LogP contribution in [0, 0.1) is 0 Å². The number of morpholine rings is 1. The fourth-order valence-electron chi connectivity index (χ4n) is 4.13. The lowest BCUT2D eigenvalue weighted by Gasteiger charge is -2.27. The van der Waals surface area contributed by atoms with Crippen LogP contribution in [-0.2, 0) is 23.9 Å².